The summed E-state index contributed by atoms with van der Waals surface area (Å²) < 4.78 is 0. The standard InChI is InChI=1S/C14H22N2OS/c17-14(16-8-3-1-2-4-9-16)11-15-7-5-13-6-10-18-12-13/h6,10,12,15H,1-5,7-9,11H2. The summed E-state index contributed by atoms with van der Waals surface area (Å²) >= 11 is 1.73. The summed E-state index contributed by atoms with van der Waals surface area (Å²) in [5, 5.41) is 7.51. The Hall–Kier alpha value is -0.870. The van der Waals surface area contributed by atoms with Gasteiger partial charge in [0.05, 0.1) is 6.54 Å². The van der Waals surface area contributed by atoms with Crippen LogP contribution in [0.15, 0.2) is 16.8 Å². The van der Waals surface area contributed by atoms with E-state index in [1.54, 1.807) is 11.3 Å². The van der Waals surface area contributed by atoms with Crippen LogP contribution in [0.5, 0.6) is 0 Å². The van der Waals surface area contributed by atoms with Crippen LogP contribution < -0.4 is 5.32 Å². The molecule has 3 nitrogen and oxygen atoms in total. The first-order valence-corrected chi connectivity index (χ1v) is 7.80. The van der Waals surface area contributed by atoms with Crippen LogP contribution in [-0.4, -0.2) is 37.0 Å². The lowest BCUT2D eigenvalue weighted by Crippen LogP contribution is -2.39. The minimum atomic E-state index is 0.266. The molecule has 0 bridgehead atoms. The molecule has 0 radical (unpaired) electrons. The van der Waals surface area contributed by atoms with Crippen molar-refractivity contribution < 1.29 is 4.79 Å². The van der Waals surface area contributed by atoms with Gasteiger partial charge < -0.3 is 10.2 Å². The quantitative estimate of drug-likeness (QED) is 0.829. The molecule has 1 saturated heterocycles. The van der Waals surface area contributed by atoms with E-state index in [1.165, 1.54) is 31.2 Å². The third kappa shape index (κ3) is 4.42. The number of hydrogen-bond acceptors (Lipinski definition) is 3. The molecule has 0 atom stereocenters. The summed E-state index contributed by atoms with van der Waals surface area (Å²) in [6.07, 6.45) is 5.89. The third-order valence-corrected chi connectivity index (χ3v) is 4.14. The number of hydrogen-bond donors (Lipinski definition) is 1. The molecule has 1 aliphatic heterocycles. The molecule has 1 aliphatic rings. The van der Waals surface area contributed by atoms with Crippen molar-refractivity contribution >= 4 is 17.2 Å². The first-order chi connectivity index (χ1) is 8.86. The zero-order chi connectivity index (χ0) is 12.6. The van der Waals surface area contributed by atoms with Crippen molar-refractivity contribution in [3.8, 4) is 0 Å². The van der Waals surface area contributed by atoms with Gasteiger partial charge >= 0.3 is 0 Å². The van der Waals surface area contributed by atoms with Crippen LogP contribution in [0, 0.1) is 0 Å². The average molecular weight is 266 g/mol. The minimum absolute atomic E-state index is 0.266. The second-order valence-corrected chi connectivity index (χ2v) is 5.63. The van der Waals surface area contributed by atoms with Gasteiger partial charge in [-0.05, 0) is 48.2 Å². The second kappa shape index (κ2) is 7.54. The van der Waals surface area contributed by atoms with Crippen LogP contribution in [-0.2, 0) is 11.2 Å². The van der Waals surface area contributed by atoms with Crippen molar-refractivity contribution in [1.29, 1.82) is 0 Å². The van der Waals surface area contributed by atoms with E-state index in [1.807, 2.05) is 4.90 Å². The third-order valence-electron chi connectivity index (χ3n) is 3.41. The van der Waals surface area contributed by atoms with Crippen LogP contribution >= 0.6 is 11.3 Å². The van der Waals surface area contributed by atoms with Gasteiger partial charge in [0.2, 0.25) is 5.91 Å². The van der Waals surface area contributed by atoms with Gasteiger partial charge in [-0.1, -0.05) is 12.8 Å². The summed E-state index contributed by atoms with van der Waals surface area (Å²) in [5.74, 6) is 0.266. The van der Waals surface area contributed by atoms with Gasteiger partial charge in [-0.15, -0.1) is 0 Å². The Morgan fingerprint density at radius 3 is 2.72 bits per heavy atom. The van der Waals surface area contributed by atoms with Gasteiger partial charge in [-0.2, -0.15) is 11.3 Å². The summed E-state index contributed by atoms with van der Waals surface area (Å²) in [6, 6.07) is 2.14. The lowest BCUT2D eigenvalue weighted by Gasteiger charge is -2.20. The molecule has 1 aromatic rings. The molecule has 4 heteroatoms. The molecule has 0 saturated carbocycles. The number of carbonyl (C=O) groups is 1. The van der Waals surface area contributed by atoms with Crippen LogP contribution in [0.2, 0.25) is 0 Å². The Morgan fingerprint density at radius 1 is 1.28 bits per heavy atom. The van der Waals surface area contributed by atoms with E-state index in [0.717, 1.165) is 26.1 Å². The van der Waals surface area contributed by atoms with E-state index in [4.69, 9.17) is 0 Å². The molecule has 0 unspecified atom stereocenters. The summed E-state index contributed by atoms with van der Waals surface area (Å²) in [5.41, 5.74) is 1.36. The fourth-order valence-electron chi connectivity index (χ4n) is 2.29. The van der Waals surface area contributed by atoms with Crippen molar-refractivity contribution in [1.82, 2.24) is 10.2 Å². The number of nitrogens with zero attached hydrogens (tertiary/aromatic N) is 1. The number of carbonyl (C=O) groups excluding carboxylic acids is 1. The zero-order valence-corrected chi connectivity index (χ0v) is 11.7. The highest BCUT2D eigenvalue weighted by Gasteiger charge is 2.14. The highest BCUT2D eigenvalue weighted by molar-refractivity contribution is 7.07. The fraction of sp³-hybridized carbons (Fsp3) is 0.643. The minimum Gasteiger partial charge on any atom is -0.342 e. The summed E-state index contributed by atoms with van der Waals surface area (Å²) in [6.45, 7) is 3.27. The average Bonchev–Trinajstić information content (AvgIpc) is 2.74. The van der Waals surface area contributed by atoms with Crippen molar-refractivity contribution in [2.75, 3.05) is 26.2 Å². The van der Waals surface area contributed by atoms with Gasteiger partial charge in [0.15, 0.2) is 0 Å². The van der Waals surface area contributed by atoms with Crippen LogP contribution in [0.25, 0.3) is 0 Å². The maximum absolute atomic E-state index is 12.0. The second-order valence-electron chi connectivity index (χ2n) is 4.85. The highest BCUT2D eigenvalue weighted by Crippen LogP contribution is 2.09. The van der Waals surface area contributed by atoms with Crippen LogP contribution in [0.1, 0.15) is 31.2 Å². The molecule has 18 heavy (non-hydrogen) atoms. The summed E-state index contributed by atoms with van der Waals surface area (Å²) in [7, 11) is 0. The van der Waals surface area contributed by atoms with Gasteiger partial charge in [0, 0.05) is 13.1 Å². The highest BCUT2D eigenvalue weighted by atomic mass is 32.1. The van der Waals surface area contributed by atoms with Crippen molar-refractivity contribution in [2.24, 2.45) is 0 Å². The predicted octanol–water partition coefficient (Wildman–Crippen LogP) is 2.28. The van der Waals surface area contributed by atoms with E-state index < -0.39 is 0 Å². The van der Waals surface area contributed by atoms with E-state index in [9.17, 15) is 4.79 Å². The van der Waals surface area contributed by atoms with Crippen LogP contribution in [0.3, 0.4) is 0 Å². The lowest BCUT2D eigenvalue weighted by molar-refractivity contribution is -0.130. The Labute approximate surface area is 113 Å². The van der Waals surface area contributed by atoms with Gasteiger partial charge in [-0.25, -0.2) is 0 Å². The molecular formula is C14H22N2OS. The monoisotopic (exact) mass is 266 g/mol. The molecule has 0 spiro atoms. The Morgan fingerprint density at radius 2 is 2.06 bits per heavy atom. The smallest absolute Gasteiger partial charge is 0.236 e. The zero-order valence-electron chi connectivity index (χ0n) is 10.9. The van der Waals surface area contributed by atoms with Gasteiger partial charge in [-0.3, -0.25) is 4.79 Å². The van der Waals surface area contributed by atoms with Gasteiger partial charge in [0.25, 0.3) is 0 Å². The normalized spacial score (nSPS) is 16.6. The maximum atomic E-state index is 12.0. The number of rotatable bonds is 5. The Kier molecular flexibility index (Phi) is 5.68. The first-order valence-electron chi connectivity index (χ1n) is 6.86. The lowest BCUT2D eigenvalue weighted by atomic mass is 10.2. The van der Waals surface area contributed by atoms with E-state index >= 15 is 0 Å². The molecule has 1 aromatic heterocycles. The number of nitrogens with one attached hydrogen (secondary N) is 1. The number of amides is 1. The molecular weight excluding hydrogens is 244 g/mol. The molecule has 2 heterocycles. The number of likely N-dealkylation sites (tertiary alicyclic amines) is 1. The van der Waals surface area contributed by atoms with Crippen molar-refractivity contribution in [2.45, 2.75) is 32.1 Å². The molecule has 2 rings (SSSR count). The summed E-state index contributed by atoms with van der Waals surface area (Å²) in [4.78, 5) is 14.0. The number of thiophene rings is 1. The first kappa shape index (κ1) is 13.6. The van der Waals surface area contributed by atoms with Crippen LogP contribution in [0.4, 0.5) is 0 Å². The molecule has 1 fully saturated rings. The Balaban J connectivity index is 1.61. The molecule has 0 aromatic carbocycles. The molecule has 0 aliphatic carbocycles. The topological polar surface area (TPSA) is 32.3 Å². The fourth-order valence-corrected chi connectivity index (χ4v) is 3.00. The van der Waals surface area contributed by atoms with E-state index in [0.29, 0.717) is 6.54 Å². The van der Waals surface area contributed by atoms with E-state index in [2.05, 4.69) is 22.1 Å². The Bertz CT molecular complexity index is 343. The molecule has 1 N–H and O–H groups in total. The van der Waals surface area contributed by atoms with Gasteiger partial charge in [0.1, 0.15) is 0 Å². The SMILES string of the molecule is O=C(CNCCc1ccsc1)N1CCCCCC1. The molecule has 100 valence electrons. The van der Waals surface area contributed by atoms with E-state index in [-0.39, 0.29) is 5.91 Å². The largest absolute Gasteiger partial charge is 0.342 e. The van der Waals surface area contributed by atoms with Crippen molar-refractivity contribution in [3.05, 3.63) is 22.4 Å². The van der Waals surface area contributed by atoms with Crippen molar-refractivity contribution in [3.63, 3.8) is 0 Å². The maximum Gasteiger partial charge on any atom is 0.236 e. The molecule has 1 amide bonds. The predicted molar refractivity (Wildman–Crippen MR) is 75.9 cm³/mol.